The summed E-state index contributed by atoms with van der Waals surface area (Å²) in [6, 6.07) is 2.52. The van der Waals surface area contributed by atoms with Crippen LogP contribution in [0.3, 0.4) is 0 Å². The van der Waals surface area contributed by atoms with Crippen LogP contribution in [0, 0.1) is 0 Å². The highest BCUT2D eigenvalue weighted by molar-refractivity contribution is 5.12. The Labute approximate surface area is 96.4 Å². The van der Waals surface area contributed by atoms with E-state index >= 15 is 0 Å². The molecule has 2 atom stereocenters. The molecule has 1 aliphatic rings. The van der Waals surface area contributed by atoms with Crippen molar-refractivity contribution in [2.24, 2.45) is 5.73 Å². The number of rotatable bonds is 4. The normalized spacial score (nSPS) is 25.5. The molecule has 90 valence electrons. The van der Waals surface area contributed by atoms with Crippen molar-refractivity contribution < 1.29 is 9.15 Å². The van der Waals surface area contributed by atoms with Gasteiger partial charge in [-0.3, -0.25) is 4.90 Å². The lowest BCUT2D eigenvalue weighted by Crippen LogP contribution is -2.36. The summed E-state index contributed by atoms with van der Waals surface area (Å²) in [4.78, 5) is 2.29. The van der Waals surface area contributed by atoms with Gasteiger partial charge in [-0.2, -0.15) is 0 Å². The van der Waals surface area contributed by atoms with Gasteiger partial charge in [-0.15, -0.1) is 0 Å². The van der Waals surface area contributed by atoms with Crippen molar-refractivity contribution in [3.05, 3.63) is 23.7 Å². The minimum absolute atomic E-state index is 0.314. The number of furan rings is 1. The number of likely N-dealkylation sites (N-methyl/N-ethyl adjacent to an activating group) is 1. The largest absolute Gasteiger partial charge is 0.468 e. The molecule has 0 aromatic carbocycles. The zero-order valence-corrected chi connectivity index (χ0v) is 9.98. The van der Waals surface area contributed by atoms with Crippen molar-refractivity contribution in [1.29, 1.82) is 0 Å². The summed E-state index contributed by atoms with van der Waals surface area (Å²) in [7, 11) is 2.11. The molecule has 1 fully saturated rings. The van der Waals surface area contributed by atoms with E-state index in [0.717, 1.165) is 30.9 Å². The smallest absolute Gasteiger partial charge is 0.118 e. The van der Waals surface area contributed by atoms with Crippen molar-refractivity contribution in [1.82, 2.24) is 4.90 Å². The molecule has 1 aromatic heterocycles. The van der Waals surface area contributed by atoms with E-state index in [4.69, 9.17) is 14.9 Å². The Bertz CT molecular complexity index is 338. The van der Waals surface area contributed by atoms with E-state index in [1.54, 1.807) is 6.26 Å². The Morgan fingerprint density at radius 2 is 2.38 bits per heavy atom. The van der Waals surface area contributed by atoms with Crippen molar-refractivity contribution in [3.63, 3.8) is 0 Å². The maximum absolute atomic E-state index is 5.56. The fourth-order valence-corrected chi connectivity index (χ4v) is 2.28. The molecule has 4 nitrogen and oxygen atoms in total. The quantitative estimate of drug-likeness (QED) is 0.838. The van der Waals surface area contributed by atoms with Crippen LogP contribution in [0.5, 0.6) is 0 Å². The highest BCUT2D eigenvalue weighted by Gasteiger charge is 2.28. The molecular formula is C12H20N2O2. The van der Waals surface area contributed by atoms with E-state index in [9.17, 15) is 0 Å². The van der Waals surface area contributed by atoms with Crippen molar-refractivity contribution in [2.75, 3.05) is 13.7 Å². The van der Waals surface area contributed by atoms with Gasteiger partial charge in [0.05, 0.1) is 18.9 Å². The second-order valence-corrected chi connectivity index (χ2v) is 4.47. The molecule has 2 heterocycles. The predicted octanol–water partition coefficient (Wildman–Crippen LogP) is 1.35. The topological polar surface area (TPSA) is 51.6 Å². The summed E-state index contributed by atoms with van der Waals surface area (Å²) in [5.74, 6) is 0.974. The van der Waals surface area contributed by atoms with Crippen LogP contribution in [-0.4, -0.2) is 30.7 Å². The standard InChI is InChI=1S/C12H20N2O2/c1-9-12(3-4-15-9)14(2)7-11-5-10(6-13)8-16-11/h5,8-9,12H,3-4,6-7,13H2,1-2H3. The maximum Gasteiger partial charge on any atom is 0.118 e. The van der Waals surface area contributed by atoms with Crippen LogP contribution in [-0.2, 0) is 17.8 Å². The van der Waals surface area contributed by atoms with Crippen LogP contribution in [0.25, 0.3) is 0 Å². The van der Waals surface area contributed by atoms with Crippen LogP contribution >= 0.6 is 0 Å². The molecule has 0 amide bonds. The molecule has 2 rings (SSSR count). The van der Waals surface area contributed by atoms with Gasteiger partial charge >= 0.3 is 0 Å². The molecular weight excluding hydrogens is 204 g/mol. The third-order valence-electron chi connectivity index (χ3n) is 3.25. The first kappa shape index (κ1) is 11.6. The minimum atomic E-state index is 0.314. The zero-order chi connectivity index (χ0) is 11.5. The molecule has 2 N–H and O–H groups in total. The number of hydrogen-bond donors (Lipinski definition) is 1. The molecule has 0 spiro atoms. The van der Waals surface area contributed by atoms with Gasteiger partial charge in [-0.25, -0.2) is 0 Å². The molecule has 0 radical (unpaired) electrons. The number of nitrogens with zero attached hydrogens (tertiary/aromatic N) is 1. The Morgan fingerprint density at radius 1 is 1.56 bits per heavy atom. The van der Waals surface area contributed by atoms with Gasteiger partial charge < -0.3 is 14.9 Å². The van der Waals surface area contributed by atoms with Gasteiger partial charge in [-0.05, 0) is 26.5 Å². The SMILES string of the molecule is CC1OCCC1N(C)Cc1cc(CN)co1. The molecule has 1 aliphatic heterocycles. The first-order valence-electron chi connectivity index (χ1n) is 5.79. The molecule has 16 heavy (non-hydrogen) atoms. The molecule has 0 saturated carbocycles. The lowest BCUT2D eigenvalue weighted by atomic mass is 10.1. The predicted molar refractivity (Wildman–Crippen MR) is 61.9 cm³/mol. The van der Waals surface area contributed by atoms with E-state index in [2.05, 4.69) is 18.9 Å². The molecule has 4 heteroatoms. The molecule has 1 aromatic rings. The summed E-state index contributed by atoms with van der Waals surface area (Å²) in [5, 5.41) is 0. The van der Waals surface area contributed by atoms with E-state index in [1.807, 2.05) is 6.07 Å². The van der Waals surface area contributed by atoms with Crippen molar-refractivity contribution in [3.8, 4) is 0 Å². The average molecular weight is 224 g/mol. The molecule has 0 bridgehead atoms. The number of nitrogens with two attached hydrogens (primary N) is 1. The molecule has 1 saturated heterocycles. The minimum Gasteiger partial charge on any atom is -0.468 e. The fourth-order valence-electron chi connectivity index (χ4n) is 2.28. The maximum atomic E-state index is 5.56. The summed E-state index contributed by atoms with van der Waals surface area (Å²) >= 11 is 0. The summed E-state index contributed by atoms with van der Waals surface area (Å²) in [6.07, 6.45) is 3.15. The lowest BCUT2D eigenvalue weighted by molar-refractivity contribution is 0.0792. The lowest BCUT2D eigenvalue weighted by Gasteiger charge is -2.25. The Kier molecular flexibility index (Phi) is 3.63. The van der Waals surface area contributed by atoms with Gasteiger partial charge in [0.2, 0.25) is 0 Å². The van der Waals surface area contributed by atoms with Crippen LogP contribution in [0.1, 0.15) is 24.7 Å². The van der Waals surface area contributed by atoms with Gasteiger partial charge in [0.25, 0.3) is 0 Å². The highest BCUT2D eigenvalue weighted by atomic mass is 16.5. The summed E-state index contributed by atoms with van der Waals surface area (Å²) < 4.78 is 11.0. The van der Waals surface area contributed by atoms with E-state index < -0.39 is 0 Å². The third kappa shape index (κ3) is 2.45. The number of hydrogen-bond acceptors (Lipinski definition) is 4. The molecule has 2 unspecified atom stereocenters. The van der Waals surface area contributed by atoms with Gasteiger partial charge in [0.1, 0.15) is 5.76 Å². The van der Waals surface area contributed by atoms with Gasteiger partial charge in [0, 0.05) is 24.8 Å². The zero-order valence-electron chi connectivity index (χ0n) is 9.98. The van der Waals surface area contributed by atoms with Crippen LogP contribution in [0.15, 0.2) is 16.7 Å². The highest BCUT2D eigenvalue weighted by Crippen LogP contribution is 2.20. The number of ether oxygens (including phenoxy) is 1. The Morgan fingerprint density at radius 3 is 2.94 bits per heavy atom. The molecule has 0 aliphatic carbocycles. The monoisotopic (exact) mass is 224 g/mol. The van der Waals surface area contributed by atoms with E-state index in [0.29, 0.717) is 18.7 Å². The summed E-state index contributed by atoms with van der Waals surface area (Å²) in [5.41, 5.74) is 6.60. The third-order valence-corrected chi connectivity index (χ3v) is 3.25. The van der Waals surface area contributed by atoms with Gasteiger partial charge in [0.15, 0.2) is 0 Å². The van der Waals surface area contributed by atoms with E-state index in [1.165, 1.54) is 0 Å². The summed E-state index contributed by atoms with van der Waals surface area (Å²) in [6.45, 7) is 4.35. The van der Waals surface area contributed by atoms with Gasteiger partial charge in [-0.1, -0.05) is 0 Å². The van der Waals surface area contributed by atoms with E-state index in [-0.39, 0.29) is 0 Å². The van der Waals surface area contributed by atoms with Crippen LogP contribution < -0.4 is 5.73 Å². The first-order chi connectivity index (χ1) is 7.70. The van der Waals surface area contributed by atoms with Crippen molar-refractivity contribution in [2.45, 2.75) is 38.6 Å². The Hall–Kier alpha value is -0.840. The van der Waals surface area contributed by atoms with Crippen LogP contribution in [0.2, 0.25) is 0 Å². The average Bonchev–Trinajstić information content (AvgIpc) is 2.86. The fraction of sp³-hybridized carbons (Fsp3) is 0.667. The second kappa shape index (κ2) is 4.99. The van der Waals surface area contributed by atoms with Crippen molar-refractivity contribution >= 4 is 0 Å². The van der Waals surface area contributed by atoms with Crippen LogP contribution in [0.4, 0.5) is 0 Å². The Balaban J connectivity index is 1.93. The second-order valence-electron chi connectivity index (χ2n) is 4.47. The first-order valence-corrected chi connectivity index (χ1v) is 5.79.